The van der Waals surface area contributed by atoms with Crippen LogP contribution < -0.4 is 5.32 Å². The largest absolute Gasteiger partial charge is 0.351 e. The lowest BCUT2D eigenvalue weighted by Crippen LogP contribution is -2.34. The highest BCUT2D eigenvalue weighted by atomic mass is 19.1. The van der Waals surface area contributed by atoms with Gasteiger partial charge in [0.15, 0.2) is 0 Å². The number of carbonyl (C=O) groups is 1. The second kappa shape index (κ2) is 5.94. The van der Waals surface area contributed by atoms with Gasteiger partial charge in [0, 0.05) is 12.6 Å². The number of nitrogens with zero attached hydrogens (tertiary/aromatic N) is 1. The van der Waals surface area contributed by atoms with Gasteiger partial charge in [0.2, 0.25) is 5.82 Å². The molecule has 0 fully saturated rings. The van der Waals surface area contributed by atoms with Crippen LogP contribution >= 0.6 is 0 Å². The molecule has 0 saturated carbocycles. The van der Waals surface area contributed by atoms with E-state index < -0.39 is 33.7 Å². The van der Waals surface area contributed by atoms with Gasteiger partial charge in [0.05, 0.1) is 4.92 Å². The number of rotatable bonds is 5. The summed E-state index contributed by atoms with van der Waals surface area (Å²) in [6.45, 7) is 5.89. The standard InChI is InChI=1S/C13H16F2N2O3/c1-4-13(2,3)7-16-12(18)10-8(14)5-6-9(11(10)15)17(19)20/h5-6H,4,7H2,1-3H3,(H,16,18). The van der Waals surface area contributed by atoms with Gasteiger partial charge >= 0.3 is 5.69 Å². The van der Waals surface area contributed by atoms with Crippen LogP contribution in [0.4, 0.5) is 14.5 Å². The van der Waals surface area contributed by atoms with Crippen LogP contribution in [0.1, 0.15) is 37.6 Å². The second-order valence-electron chi connectivity index (χ2n) is 5.21. The van der Waals surface area contributed by atoms with E-state index in [-0.39, 0.29) is 12.0 Å². The molecule has 1 aromatic carbocycles. The maximum Gasteiger partial charge on any atom is 0.305 e. The van der Waals surface area contributed by atoms with Crippen LogP contribution in [-0.4, -0.2) is 17.4 Å². The van der Waals surface area contributed by atoms with Crippen molar-refractivity contribution in [2.75, 3.05) is 6.54 Å². The van der Waals surface area contributed by atoms with Gasteiger partial charge in [0.25, 0.3) is 5.91 Å². The number of amides is 1. The molecule has 1 rings (SSSR count). The molecule has 1 amide bonds. The predicted octanol–water partition coefficient (Wildman–Crippen LogP) is 3.04. The number of carbonyl (C=O) groups excluding carboxylic acids is 1. The molecule has 1 N–H and O–H groups in total. The zero-order valence-corrected chi connectivity index (χ0v) is 11.5. The normalized spacial score (nSPS) is 11.2. The first-order valence-electron chi connectivity index (χ1n) is 6.10. The summed E-state index contributed by atoms with van der Waals surface area (Å²) < 4.78 is 27.3. The summed E-state index contributed by atoms with van der Waals surface area (Å²) >= 11 is 0. The monoisotopic (exact) mass is 286 g/mol. The van der Waals surface area contributed by atoms with Gasteiger partial charge in [0.1, 0.15) is 11.4 Å². The first-order chi connectivity index (χ1) is 9.19. The summed E-state index contributed by atoms with van der Waals surface area (Å²) in [6, 6.07) is 1.40. The number of nitro benzene ring substituents is 1. The van der Waals surface area contributed by atoms with Crippen molar-refractivity contribution in [1.29, 1.82) is 0 Å². The summed E-state index contributed by atoms with van der Waals surface area (Å²) in [6.07, 6.45) is 0.757. The number of hydrogen-bond acceptors (Lipinski definition) is 3. The Morgan fingerprint density at radius 1 is 1.40 bits per heavy atom. The maximum absolute atomic E-state index is 13.8. The molecule has 5 nitrogen and oxygen atoms in total. The molecule has 0 aliphatic rings. The molecular weight excluding hydrogens is 270 g/mol. The molecule has 20 heavy (non-hydrogen) atoms. The van der Waals surface area contributed by atoms with Crippen LogP contribution in [0.5, 0.6) is 0 Å². The molecule has 0 saturated heterocycles. The molecule has 0 spiro atoms. The third-order valence-corrected chi connectivity index (χ3v) is 3.18. The van der Waals surface area contributed by atoms with Gasteiger partial charge in [-0.25, -0.2) is 4.39 Å². The molecule has 1 aromatic rings. The van der Waals surface area contributed by atoms with Crippen LogP contribution in [0.15, 0.2) is 12.1 Å². The number of nitro groups is 1. The van der Waals surface area contributed by atoms with Crippen LogP contribution in [0.2, 0.25) is 0 Å². The fourth-order valence-electron chi connectivity index (χ4n) is 1.42. The van der Waals surface area contributed by atoms with Gasteiger partial charge in [-0.3, -0.25) is 14.9 Å². The Morgan fingerprint density at radius 3 is 2.50 bits per heavy atom. The third kappa shape index (κ3) is 3.49. The topological polar surface area (TPSA) is 72.2 Å². The summed E-state index contributed by atoms with van der Waals surface area (Å²) in [5.74, 6) is -3.58. The van der Waals surface area contributed by atoms with E-state index >= 15 is 0 Å². The van der Waals surface area contributed by atoms with Crippen molar-refractivity contribution in [1.82, 2.24) is 5.32 Å². The lowest BCUT2D eigenvalue weighted by molar-refractivity contribution is -0.387. The first-order valence-corrected chi connectivity index (χ1v) is 6.10. The van der Waals surface area contributed by atoms with E-state index in [9.17, 15) is 23.7 Å². The minimum Gasteiger partial charge on any atom is -0.351 e. The fourth-order valence-corrected chi connectivity index (χ4v) is 1.42. The van der Waals surface area contributed by atoms with Crippen LogP contribution in [0.3, 0.4) is 0 Å². The highest BCUT2D eigenvalue weighted by Gasteiger charge is 2.27. The summed E-state index contributed by atoms with van der Waals surface area (Å²) in [5.41, 5.74) is -2.08. The highest BCUT2D eigenvalue weighted by molar-refractivity contribution is 5.95. The maximum atomic E-state index is 13.8. The van der Waals surface area contributed by atoms with Crippen molar-refractivity contribution in [2.24, 2.45) is 5.41 Å². The summed E-state index contributed by atoms with van der Waals surface area (Å²) in [5, 5.41) is 13.0. The Morgan fingerprint density at radius 2 is 2.00 bits per heavy atom. The van der Waals surface area contributed by atoms with E-state index in [1.165, 1.54) is 0 Å². The molecule has 0 aromatic heterocycles. The van der Waals surface area contributed by atoms with Gasteiger partial charge in [-0.15, -0.1) is 0 Å². The zero-order valence-electron chi connectivity index (χ0n) is 11.5. The van der Waals surface area contributed by atoms with Crippen molar-refractivity contribution < 1.29 is 18.5 Å². The molecule has 0 aliphatic heterocycles. The lowest BCUT2D eigenvalue weighted by atomic mass is 9.90. The minimum atomic E-state index is -1.46. The van der Waals surface area contributed by atoms with Crippen molar-refractivity contribution in [3.05, 3.63) is 39.4 Å². The molecule has 0 aliphatic carbocycles. The first kappa shape index (κ1) is 16.0. The molecule has 110 valence electrons. The molecular formula is C13H16F2N2O3. The number of nitrogens with one attached hydrogen (secondary N) is 1. The van der Waals surface area contributed by atoms with Crippen molar-refractivity contribution in [3.63, 3.8) is 0 Å². The van der Waals surface area contributed by atoms with E-state index in [2.05, 4.69) is 5.32 Å². The van der Waals surface area contributed by atoms with Crippen molar-refractivity contribution in [3.8, 4) is 0 Å². The SMILES string of the molecule is CCC(C)(C)CNC(=O)c1c(F)ccc([N+](=O)[O-])c1F. The Kier molecular flexibility index (Phi) is 4.75. The van der Waals surface area contributed by atoms with Gasteiger partial charge in [-0.2, -0.15) is 4.39 Å². The molecule has 0 unspecified atom stereocenters. The van der Waals surface area contributed by atoms with Crippen LogP contribution in [-0.2, 0) is 0 Å². The molecule has 0 radical (unpaired) electrons. The Labute approximate surface area is 115 Å². The minimum absolute atomic E-state index is 0.212. The predicted molar refractivity (Wildman–Crippen MR) is 69.4 cm³/mol. The highest BCUT2D eigenvalue weighted by Crippen LogP contribution is 2.23. The van der Waals surface area contributed by atoms with Gasteiger partial charge in [-0.05, 0) is 17.9 Å². The average molecular weight is 286 g/mol. The summed E-state index contributed by atoms with van der Waals surface area (Å²) in [7, 11) is 0. The average Bonchev–Trinajstić information content (AvgIpc) is 2.36. The molecule has 7 heteroatoms. The Balaban J connectivity index is 3.04. The fraction of sp³-hybridized carbons (Fsp3) is 0.462. The van der Waals surface area contributed by atoms with Crippen molar-refractivity contribution >= 4 is 11.6 Å². The Hall–Kier alpha value is -2.05. The van der Waals surface area contributed by atoms with E-state index in [0.29, 0.717) is 12.1 Å². The number of benzene rings is 1. The smallest absolute Gasteiger partial charge is 0.305 e. The zero-order chi connectivity index (χ0) is 15.5. The summed E-state index contributed by atoms with van der Waals surface area (Å²) in [4.78, 5) is 21.4. The number of hydrogen-bond donors (Lipinski definition) is 1. The quantitative estimate of drug-likeness (QED) is 0.668. The van der Waals surface area contributed by atoms with E-state index in [4.69, 9.17) is 0 Å². The van der Waals surface area contributed by atoms with E-state index in [1.807, 2.05) is 20.8 Å². The van der Waals surface area contributed by atoms with Gasteiger partial charge in [-0.1, -0.05) is 20.8 Å². The van der Waals surface area contributed by atoms with Gasteiger partial charge < -0.3 is 5.32 Å². The van der Waals surface area contributed by atoms with E-state index in [0.717, 1.165) is 6.42 Å². The molecule has 0 heterocycles. The number of halogens is 2. The molecule has 0 bridgehead atoms. The van der Waals surface area contributed by atoms with Crippen molar-refractivity contribution in [2.45, 2.75) is 27.2 Å². The second-order valence-corrected chi connectivity index (χ2v) is 5.21. The lowest BCUT2D eigenvalue weighted by Gasteiger charge is -2.22. The Bertz CT molecular complexity index is 545. The molecule has 0 atom stereocenters. The third-order valence-electron chi connectivity index (χ3n) is 3.18. The van der Waals surface area contributed by atoms with Crippen LogP contribution in [0, 0.1) is 27.2 Å². The van der Waals surface area contributed by atoms with Crippen LogP contribution in [0.25, 0.3) is 0 Å². The van der Waals surface area contributed by atoms with E-state index in [1.54, 1.807) is 0 Å².